The highest BCUT2D eigenvalue weighted by Crippen LogP contribution is 2.36. The maximum absolute atomic E-state index is 12.7. The summed E-state index contributed by atoms with van der Waals surface area (Å²) in [4.78, 5) is 3.60. The van der Waals surface area contributed by atoms with Crippen LogP contribution in [0.4, 0.5) is 13.2 Å². The number of methoxy groups -OCH3 is 2. The fraction of sp³-hybridized carbons (Fsp3) is 0.250. The minimum absolute atomic E-state index is 0.117. The van der Waals surface area contributed by atoms with Crippen LogP contribution in [0.1, 0.15) is 5.69 Å². The minimum atomic E-state index is -4.53. The quantitative estimate of drug-likeness (QED) is 0.827. The molecule has 2 aromatic rings. The first-order chi connectivity index (χ1) is 8.47. The summed E-state index contributed by atoms with van der Waals surface area (Å²) in [6.07, 6.45) is -4.53. The van der Waals surface area contributed by atoms with Crippen molar-refractivity contribution in [3.63, 3.8) is 0 Å². The number of alkyl halides is 3. The molecule has 0 atom stereocenters. The van der Waals surface area contributed by atoms with E-state index in [9.17, 15) is 13.2 Å². The molecule has 96 valence electrons. The lowest BCUT2D eigenvalue weighted by molar-refractivity contribution is -0.141. The van der Waals surface area contributed by atoms with Gasteiger partial charge in [-0.25, -0.2) is 4.98 Å². The lowest BCUT2D eigenvalue weighted by atomic mass is 10.1. The molecule has 0 aliphatic rings. The number of ether oxygens (including phenoxy) is 2. The molecule has 1 heterocycles. The second-order valence-electron chi connectivity index (χ2n) is 3.56. The van der Waals surface area contributed by atoms with E-state index < -0.39 is 11.9 Å². The molecule has 0 N–H and O–H groups in total. The van der Waals surface area contributed by atoms with Gasteiger partial charge in [0.05, 0.1) is 14.2 Å². The van der Waals surface area contributed by atoms with Gasteiger partial charge >= 0.3 is 6.18 Å². The first-order valence-electron chi connectivity index (χ1n) is 5.06. The molecule has 2 rings (SSSR count). The Morgan fingerprint density at radius 2 is 1.72 bits per heavy atom. The number of hydrogen-bond acceptors (Lipinski definition) is 3. The number of pyridine rings is 1. The Kier molecular flexibility index (Phi) is 3.02. The third kappa shape index (κ3) is 2.05. The predicted octanol–water partition coefficient (Wildman–Crippen LogP) is 3.27. The molecular formula is C12H10F3NO2. The Morgan fingerprint density at radius 1 is 1.06 bits per heavy atom. The first kappa shape index (κ1) is 12.5. The first-order valence-corrected chi connectivity index (χ1v) is 5.06. The summed E-state index contributed by atoms with van der Waals surface area (Å²) >= 11 is 0. The fourth-order valence-corrected chi connectivity index (χ4v) is 1.67. The van der Waals surface area contributed by atoms with Crippen LogP contribution in [0.5, 0.6) is 11.5 Å². The molecule has 6 heteroatoms. The molecule has 0 radical (unpaired) electrons. The molecule has 18 heavy (non-hydrogen) atoms. The summed E-state index contributed by atoms with van der Waals surface area (Å²) in [6, 6.07) is 5.72. The van der Waals surface area contributed by atoms with Crippen LogP contribution in [-0.2, 0) is 6.18 Å². The molecule has 0 fully saturated rings. The van der Waals surface area contributed by atoms with Crippen molar-refractivity contribution in [3.05, 3.63) is 30.0 Å². The van der Waals surface area contributed by atoms with E-state index in [1.807, 2.05) is 0 Å². The fourth-order valence-electron chi connectivity index (χ4n) is 1.67. The van der Waals surface area contributed by atoms with E-state index in [0.29, 0.717) is 5.39 Å². The molecule has 1 aromatic carbocycles. The van der Waals surface area contributed by atoms with Crippen molar-refractivity contribution < 1.29 is 22.6 Å². The Balaban J connectivity index is 2.80. The highest BCUT2D eigenvalue weighted by molar-refractivity contribution is 5.90. The third-order valence-electron chi connectivity index (χ3n) is 2.49. The smallest absolute Gasteiger partial charge is 0.433 e. The lowest BCUT2D eigenvalue weighted by Gasteiger charge is -2.12. The highest BCUT2D eigenvalue weighted by Gasteiger charge is 2.34. The molecule has 0 aliphatic heterocycles. The van der Waals surface area contributed by atoms with Crippen molar-refractivity contribution in [1.82, 2.24) is 4.98 Å². The standard InChI is InChI=1S/C12H10F3NO2/c1-17-8-5-3-4-7-9(18-2)6-10(12(13,14)15)16-11(7)8/h3-6H,1-2H3. The van der Waals surface area contributed by atoms with Crippen LogP contribution in [0.15, 0.2) is 24.3 Å². The van der Waals surface area contributed by atoms with E-state index in [0.717, 1.165) is 6.07 Å². The average molecular weight is 257 g/mol. The van der Waals surface area contributed by atoms with Crippen molar-refractivity contribution in [3.8, 4) is 11.5 Å². The SMILES string of the molecule is COc1cc(C(F)(F)F)nc2c(OC)cccc12. The van der Waals surface area contributed by atoms with E-state index in [1.165, 1.54) is 14.2 Å². The Hall–Kier alpha value is -1.98. The summed E-state index contributed by atoms with van der Waals surface area (Å²) in [6.45, 7) is 0. The summed E-state index contributed by atoms with van der Waals surface area (Å²) < 4.78 is 48.1. The number of benzene rings is 1. The number of halogens is 3. The van der Waals surface area contributed by atoms with E-state index in [4.69, 9.17) is 9.47 Å². The van der Waals surface area contributed by atoms with Crippen molar-refractivity contribution in [2.75, 3.05) is 14.2 Å². The van der Waals surface area contributed by atoms with E-state index >= 15 is 0 Å². The number of nitrogens with zero attached hydrogens (tertiary/aromatic N) is 1. The topological polar surface area (TPSA) is 31.4 Å². The van der Waals surface area contributed by atoms with Crippen LogP contribution >= 0.6 is 0 Å². The molecule has 0 saturated carbocycles. The monoisotopic (exact) mass is 257 g/mol. The Labute approximate surface area is 101 Å². The van der Waals surface area contributed by atoms with Crippen molar-refractivity contribution in [2.24, 2.45) is 0 Å². The van der Waals surface area contributed by atoms with Gasteiger partial charge in [-0.3, -0.25) is 0 Å². The number of para-hydroxylation sites is 1. The summed E-state index contributed by atoms with van der Waals surface area (Å²) in [5, 5.41) is 0.477. The molecule has 0 aliphatic carbocycles. The van der Waals surface area contributed by atoms with Gasteiger partial charge in [-0.1, -0.05) is 6.07 Å². The molecule has 0 bridgehead atoms. The third-order valence-corrected chi connectivity index (χ3v) is 2.49. The van der Waals surface area contributed by atoms with Crippen molar-refractivity contribution in [1.29, 1.82) is 0 Å². The Bertz CT molecular complexity index is 581. The van der Waals surface area contributed by atoms with Crippen molar-refractivity contribution in [2.45, 2.75) is 6.18 Å². The van der Waals surface area contributed by atoms with Crippen LogP contribution in [-0.4, -0.2) is 19.2 Å². The van der Waals surface area contributed by atoms with Crippen LogP contribution < -0.4 is 9.47 Å². The zero-order chi connectivity index (χ0) is 13.3. The van der Waals surface area contributed by atoms with Gasteiger partial charge in [0.15, 0.2) is 0 Å². The zero-order valence-electron chi connectivity index (χ0n) is 9.71. The average Bonchev–Trinajstić information content (AvgIpc) is 2.35. The zero-order valence-corrected chi connectivity index (χ0v) is 9.71. The van der Waals surface area contributed by atoms with Crippen LogP contribution in [0.25, 0.3) is 10.9 Å². The summed E-state index contributed by atoms with van der Waals surface area (Å²) in [7, 11) is 2.69. The predicted molar refractivity (Wildman–Crippen MR) is 59.8 cm³/mol. The molecule has 3 nitrogen and oxygen atoms in total. The maximum atomic E-state index is 12.7. The maximum Gasteiger partial charge on any atom is 0.433 e. The van der Waals surface area contributed by atoms with Gasteiger partial charge in [-0.05, 0) is 12.1 Å². The van der Waals surface area contributed by atoms with Gasteiger partial charge < -0.3 is 9.47 Å². The summed E-state index contributed by atoms with van der Waals surface area (Å²) in [5.74, 6) is 0.392. The molecule has 0 unspecified atom stereocenters. The lowest BCUT2D eigenvalue weighted by Crippen LogP contribution is -2.08. The molecule has 0 saturated heterocycles. The van der Waals surface area contributed by atoms with Gasteiger partial charge in [0.25, 0.3) is 0 Å². The second kappa shape index (κ2) is 4.36. The van der Waals surface area contributed by atoms with Gasteiger partial charge in [0, 0.05) is 11.5 Å². The number of rotatable bonds is 2. The number of hydrogen-bond donors (Lipinski definition) is 0. The van der Waals surface area contributed by atoms with Gasteiger partial charge in [0.2, 0.25) is 0 Å². The Morgan fingerprint density at radius 3 is 2.28 bits per heavy atom. The van der Waals surface area contributed by atoms with Crippen LogP contribution in [0, 0.1) is 0 Å². The number of aromatic nitrogens is 1. The van der Waals surface area contributed by atoms with Gasteiger partial charge in [-0.2, -0.15) is 13.2 Å². The van der Waals surface area contributed by atoms with Crippen molar-refractivity contribution >= 4 is 10.9 Å². The number of fused-ring (bicyclic) bond motifs is 1. The highest BCUT2D eigenvalue weighted by atomic mass is 19.4. The second-order valence-corrected chi connectivity index (χ2v) is 3.56. The molecule has 0 amide bonds. The van der Waals surface area contributed by atoms with Crippen LogP contribution in [0.3, 0.4) is 0 Å². The summed E-state index contributed by atoms with van der Waals surface area (Å²) in [5.41, 5.74) is -0.872. The normalized spacial score (nSPS) is 11.6. The minimum Gasteiger partial charge on any atom is -0.496 e. The molecular weight excluding hydrogens is 247 g/mol. The van der Waals surface area contributed by atoms with E-state index in [1.54, 1.807) is 18.2 Å². The van der Waals surface area contributed by atoms with Crippen LogP contribution in [0.2, 0.25) is 0 Å². The van der Waals surface area contributed by atoms with Gasteiger partial charge in [-0.15, -0.1) is 0 Å². The van der Waals surface area contributed by atoms with E-state index in [2.05, 4.69) is 4.98 Å². The van der Waals surface area contributed by atoms with E-state index in [-0.39, 0.29) is 17.0 Å². The molecule has 1 aromatic heterocycles. The van der Waals surface area contributed by atoms with Gasteiger partial charge in [0.1, 0.15) is 22.7 Å². The molecule has 0 spiro atoms. The largest absolute Gasteiger partial charge is 0.496 e.